The molecule has 1 fully saturated rings. The molecule has 0 aliphatic heterocycles. The summed E-state index contributed by atoms with van der Waals surface area (Å²) in [5.41, 5.74) is -1.71. The predicted octanol–water partition coefficient (Wildman–Crippen LogP) is 1.51. The molecule has 0 amide bonds. The molecule has 0 unspecified atom stereocenters. The van der Waals surface area contributed by atoms with Gasteiger partial charge in [0.15, 0.2) is 29.3 Å². The maximum Gasteiger partial charge on any atom is 0.348 e. The average molecular weight is 588 g/mol. The van der Waals surface area contributed by atoms with Crippen molar-refractivity contribution in [2.24, 2.45) is 0 Å². The van der Waals surface area contributed by atoms with E-state index in [1.165, 1.54) is 10.9 Å². The Morgan fingerprint density at radius 2 is 1.93 bits per heavy atom. The van der Waals surface area contributed by atoms with Crippen molar-refractivity contribution in [2.45, 2.75) is 55.8 Å². The number of rotatable bonds is 14. The molecule has 0 bridgehead atoms. The van der Waals surface area contributed by atoms with E-state index in [0.29, 0.717) is 16.9 Å². The van der Waals surface area contributed by atoms with Gasteiger partial charge in [0, 0.05) is 19.5 Å². The number of halogens is 1. The highest BCUT2D eigenvalue weighted by Gasteiger charge is 2.49. The number of imidazole rings is 1. The number of ether oxygens (including phenoxy) is 2. The number of anilines is 1. The lowest BCUT2D eigenvalue weighted by Crippen LogP contribution is -2.52. The number of aliphatic hydroxyl groups excluding tert-OH is 2. The highest BCUT2D eigenvalue weighted by atomic mass is 35.5. The topological polar surface area (TPSA) is 180 Å². The van der Waals surface area contributed by atoms with E-state index < -0.39 is 55.6 Å². The summed E-state index contributed by atoms with van der Waals surface area (Å²) >= 11 is 6.23. The van der Waals surface area contributed by atoms with Crippen LogP contribution in [0.1, 0.15) is 31.1 Å². The second-order valence-corrected chi connectivity index (χ2v) is 10.0. The van der Waals surface area contributed by atoms with Gasteiger partial charge in [0.05, 0.1) is 19.5 Å². The van der Waals surface area contributed by atoms with Crippen molar-refractivity contribution in [3.8, 4) is 12.3 Å². The van der Waals surface area contributed by atoms with Gasteiger partial charge in [-0.1, -0.05) is 36.3 Å². The number of nitrogens with zero attached hydrogens (tertiary/aromatic N) is 5. The first-order valence-electron chi connectivity index (χ1n) is 12.8. The van der Waals surface area contributed by atoms with Crippen LogP contribution >= 0.6 is 11.6 Å². The monoisotopic (exact) mass is 587 g/mol. The lowest BCUT2D eigenvalue weighted by atomic mass is 9.92. The summed E-state index contributed by atoms with van der Waals surface area (Å²) in [6.45, 7) is -1.40. The van der Waals surface area contributed by atoms with Crippen LogP contribution in [0.25, 0.3) is 11.2 Å². The third kappa shape index (κ3) is 6.27. The molecule has 0 saturated heterocycles. The van der Waals surface area contributed by atoms with Crippen LogP contribution < -0.4 is 4.90 Å². The highest BCUT2D eigenvalue weighted by Crippen LogP contribution is 2.33. The number of carboxylic acids is 2. The molecule has 4 N–H and O–H groups in total. The van der Waals surface area contributed by atoms with E-state index in [1.54, 1.807) is 30.3 Å². The molecule has 3 atom stereocenters. The second-order valence-electron chi connectivity index (χ2n) is 9.69. The number of aliphatic hydroxyl groups is 2. The van der Waals surface area contributed by atoms with E-state index in [1.807, 2.05) is 11.9 Å². The highest BCUT2D eigenvalue weighted by molar-refractivity contribution is 6.28. The normalized spacial score (nSPS) is 16.0. The molecule has 0 spiro atoms. The van der Waals surface area contributed by atoms with Gasteiger partial charge in [-0.3, -0.25) is 4.57 Å². The number of carbonyl (C=O) groups is 2. The molecule has 1 aromatic carbocycles. The van der Waals surface area contributed by atoms with Crippen LogP contribution in [-0.2, 0) is 25.5 Å². The van der Waals surface area contributed by atoms with E-state index in [-0.39, 0.29) is 17.0 Å². The Labute approximate surface area is 240 Å². The average Bonchev–Trinajstić information content (AvgIpc) is 3.34. The minimum Gasteiger partial charge on any atom is -0.479 e. The number of hydrogen-bond donors (Lipinski definition) is 4. The summed E-state index contributed by atoms with van der Waals surface area (Å²) in [7, 11) is 1.87. The van der Waals surface area contributed by atoms with E-state index >= 15 is 0 Å². The molecule has 14 heteroatoms. The molecule has 218 valence electrons. The smallest absolute Gasteiger partial charge is 0.348 e. The van der Waals surface area contributed by atoms with Crippen LogP contribution in [0.15, 0.2) is 36.7 Å². The SMILES string of the molecule is C#C[C@@H](O)[C@@H](O[C@@H](CO)COC(Cc1ccccc1)(C(=O)O)C(=O)O)n1cnc2c(N(C)C3CCC3)nc(Cl)nc21. The molecular formula is C27H30ClN5O8. The van der Waals surface area contributed by atoms with Crippen molar-refractivity contribution in [1.82, 2.24) is 19.5 Å². The fourth-order valence-electron chi connectivity index (χ4n) is 4.50. The van der Waals surface area contributed by atoms with Crippen molar-refractivity contribution >= 4 is 40.5 Å². The summed E-state index contributed by atoms with van der Waals surface area (Å²) in [6.07, 6.45) is 5.09. The van der Waals surface area contributed by atoms with Crippen LogP contribution in [0.5, 0.6) is 0 Å². The zero-order chi connectivity index (χ0) is 29.7. The van der Waals surface area contributed by atoms with Gasteiger partial charge in [-0.15, -0.1) is 6.42 Å². The lowest BCUT2D eigenvalue weighted by molar-refractivity contribution is -0.195. The first-order chi connectivity index (χ1) is 19.6. The summed E-state index contributed by atoms with van der Waals surface area (Å²) in [6, 6.07) is 8.36. The molecule has 3 aromatic rings. The van der Waals surface area contributed by atoms with Crippen molar-refractivity contribution < 1.29 is 39.5 Å². The third-order valence-electron chi connectivity index (χ3n) is 7.09. The molecule has 0 radical (unpaired) electrons. The van der Waals surface area contributed by atoms with Crippen molar-refractivity contribution in [3.63, 3.8) is 0 Å². The maximum atomic E-state index is 12.2. The number of carboxylic acid groups (broad SMARTS) is 2. The molecule has 2 heterocycles. The zero-order valence-corrected chi connectivity index (χ0v) is 22.9. The predicted molar refractivity (Wildman–Crippen MR) is 146 cm³/mol. The molecule has 1 aliphatic carbocycles. The van der Waals surface area contributed by atoms with Crippen LogP contribution in [0.3, 0.4) is 0 Å². The fraction of sp³-hybridized carbons (Fsp3) is 0.444. The number of hydrogen-bond acceptors (Lipinski definition) is 10. The largest absolute Gasteiger partial charge is 0.479 e. The van der Waals surface area contributed by atoms with E-state index in [0.717, 1.165) is 19.3 Å². The first-order valence-corrected chi connectivity index (χ1v) is 13.2. The summed E-state index contributed by atoms with van der Waals surface area (Å²) in [5.74, 6) is -0.829. The van der Waals surface area contributed by atoms with Gasteiger partial charge in [-0.25, -0.2) is 14.6 Å². The van der Waals surface area contributed by atoms with Gasteiger partial charge < -0.3 is 34.8 Å². The Bertz CT molecular complexity index is 1410. The molecule has 4 rings (SSSR count). The Hall–Kier alpha value is -3.80. The number of benzene rings is 1. The summed E-state index contributed by atoms with van der Waals surface area (Å²) in [4.78, 5) is 39.2. The second kappa shape index (κ2) is 12.8. The maximum absolute atomic E-state index is 12.2. The van der Waals surface area contributed by atoms with Crippen LogP contribution in [-0.4, -0.2) is 96.0 Å². The molecule has 1 saturated carbocycles. The van der Waals surface area contributed by atoms with E-state index in [9.17, 15) is 30.0 Å². The molecule has 41 heavy (non-hydrogen) atoms. The van der Waals surface area contributed by atoms with Crippen molar-refractivity contribution in [2.75, 3.05) is 25.2 Å². The first kappa shape index (κ1) is 30.2. The number of aliphatic carboxylic acids is 2. The van der Waals surface area contributed by atoms with Gasteiger partial charge in [-0.05, 0) is 36.4 Å². The van der Waals surface area contributed by atoms with Crippen molar-refractivity contribution in [1.29, 1.82) is 0 Å². The molecular weight excluding hydrogens is 558 g/mol. The van der Waals surface area contributed by atoms with Crippen LogP contribution in [0.4, 0.5) is 5.82 Å². The Morgan fingerprint density at radius 3 is 2.49 bits per heavy atom. The standard InChI is InChI=1S/C27H30ClN5O8/c1-3-19(35)23(33-15-29-20-21(30-26(28)31-22(20)33)32(2)17-10-7-11-17)41-18(13-34)14-40-27(24(36)37,25(38)39)12-16-8-5-4-6-9-16/h1,4-6,8-9,15,17-19,23,34-35H,7,10-14H2,2H3,(H,36,37)(H,38,39)/t18-,19+,23+/m0/s1. The van der Waals surface area contributed by atoms with Crippen LogP contribution in [0, 0.1) is 12.3 Å². The number of fused-ring (bicyclic) bond motifs is 1. The van der Waals surface area contributed by atoms with E-state index in [2.05, 4.69) is 20.9 Å². The lowest BCUT2D eigenvalue weighted by Gasteiger charge is -2.35. The Kier molecular flexibility index (Phi) is 9.42. The van der Waals surface area contributed by atoms with Crippen LogP contribution in [0.2, 0.25) is 5.28 Å². The number of terminal acetylenes is 1. The molecule has 13 nitrogen and oxygen atoms in total. The minimum absolute atomic E-state index is 0.0787. The van der Waals surface area contributed by atoms with Gasteiger partial charge in [-0.2, -0.15) is 9.97 Å². The number of aromatic nitrogens is 4. The quantitative estimate of drug-likeness (QED) is 0.121. The van der Waals surface area contributed by atoms with E-state index in [4.69, 9.17) is 27.5 Å². The Balaban J connectivity index is 1.62. The van der Waals surface area contributed by atoms with Gasteiger partial charge in [0.1, 0.15) is 6.10 Å². The summed E-state index contributed by atoms with van der Waals surface area (Å²) in [5, 5.41) is 40.4. The molecule has 2 aromatic heterocycles. The third-order valence-corrected chi connectivity index (χ3v) is 7.25. The fourth-order valence-corrected chi connectivity index (χ4v) is 4.66. The summed E-state index contributed by atoms with van der Waals surface area (Å²) < 4.78 is 12.6. The Morgan fingerprint density at radius 1 is 1.24 bits per heavy atom. The minimum atomic E-state index is -2.68. The molecule has 1 aliphatic rings. The van der Waals surface area contributed by atoms with Gasteiger partial charge in [0.25, 0.3) is 5.60 Å². The van der Waals surface area contributed by atoms with Crippen molar-refractivity contribution in [3.05, 3.63) is 47.5 Å². The van der Waals surface area contributed by atoms with Gasteiger partial charge >= 0.3 is 11.9 Å². The zero-order valence-electron chi connectivity index (χ0n) is 22.1. The van der Waals surface area contributed by atoms with Gasteiger partial charge in [0.2, 0.25) is 5.28 Å².